The zero-order valence-corrected chi connectivity index (χ0v) is 17.4. The number of ether oxygens (including phenoxy) is 1. The summed E-state index contributed by atoms with van der Waals surface area (Å²) in [5, 5.41) is 12.4. The first-order valence-corrected chi connectivity index (χ1v) is 10.2. The van der Waals surface area contributed by atoms with Gasteiger partial charge in [-0.15, -0.1) is 0 Å². The average molecular weight is 410 g/mol. The highest BCUT2D eigenvalue weighted by Gasteiger charge is 2.12. The summed E-state index contributed by atoms with van der Waals surface area (Å²) in [6.07, 6.45) is 10.3. The molecule has 7 heteroatoms. The van der Waals surface area contributed by atoms with E-state index < -0.39 is 0 Å². The molecule has 5 rings (SSSR count). The lowest BCUT2D eigenvalue weighted by Crippen LogP contribution is -1.99. The number of pyridine rings is 1. The van der Waals surface area contributed by atoms with E-state index in [1.807, 2.05) is 37.6 Å². The number of hydrogen-bond donors (Lipinski definition) is 0. The third-order valence-electron chi connectivity index (χ3n) is 5.32. The molecule has 0 N–H and O–H groups in total. The fourth-order valence-electron chi connectivity index (χ4n) is 3.76. The molecule has 0 bridgehead atoms. The number of rotatable bonds is 6. The molecule has 0 atom stereocenters. The van der Waals surface area contributed by atoms with Gasteiger partial charge in [-0.3, -0.25) is 4.68 Å². The Hall–Kier alpha value is -4.00. The van der Waals surface area contributed by atoms with Gasteiger partial charge in [0.15, 0.2) is 0 Å². The molecule has 0 fully saturated rings. The van der Waals surface area contributed by atoms with Gasteiger partial charge in [0.25, 0.3) is 0 Å². The molecule has 0 amide bonds. The number of benzene rings is 1. The van der Waals surface area contributed by atoms with Crippen molar-refractivity contribution >= 4 is 5.65 Å². The van der Waals surface area contributed by atoms with Gasteiger partial charge < -0.3 is 9.14 Å². The lowest BCUT2D eigenvalue weighted by atomic mass is 10.1. The van der Waals surface area contributed by atoms with Gasteiger partial charge in [-0.25, -0.2) is 4.98 Å². The first kappa shape index (κ1) is 19.0. The SMILES string of the molecule is CCc1cnc2c(-c3ccc(OCc4nn(C)cc4-c4ccnnc4)cc3)cccn12. The van der Waals surface area contributed by atoms with Crippen LogP contribution in [-0.2, 0) is 20.1 Å². The van der Waals surface area contributed by atoms with Gasteiger partial charge in [-0.2, -0.15) is 15.3 Å². The second kappa shape index (κ2) is 8.02. The van der Waals surface area contributed by atoms with Gasteiger partial charge in [-0.1, -0.05) is 19.1 Å². The van der Waals surface area contributed by atoms with Crippen molar-refractivity contribution < 1.29 is 4.74 Å². The van der Waals surface area contributed by atoms with Crippen LogP contribution in [0.1, 0.15) is 18.3 Å². The first-order chi connectivity index (χ1) is 15.2. The predicted molar refractivity (Wildman–Crippen MR) is 119 cm³/mol. The number of hydrogen-bond acceptors (Lipinski definition) is 5. The van der Waals surface area contributed by atoms with Crippen LogP contribution >= 0.6 is 0 Å². The highest BCUT2D eigenvalue weighted by molar-refractivity contribution is 5.78. The van der Waals surface area contributed by atoms with E-state index in [2.05, 4.69) is 62.1 Å². The topological polar surface area (TPSA) is 70.1 Å². The third kappa shape index (κ3) is 3.66. The van der Waals surface area contributed by atoms with E-state index in [4.69, 9.17) is 4.74 Å². The van der Waals surface area contributed by atoms with Crippen LogP contribution in [0.25, 0.3) is 27.9 Å². The monoisotopic (exact) mass is 410 g/mol. The van der Waals surface area contributed by atoms with E-state index in [9.17, 15) is 0 Å². The van der Waals surface area contributed by atoms with Crippen molar-refractivity contribution in [2.24, 2.45) is 7.05 Å². The molecule has 0 saturated carbocycles. The lowest BCUT2D eigenvalue weighted by molar-refractivity contribution is 0.300. The van der Waals surface area contributed by atoms with Crippen molar-refractivity contribution in [3.05, 3.63) is 84.8 Å². The first-order valence-electron chi connectivity index (χ1n) is 10.2. The van der Waals surface area contributed by atoms with Crippen LogP contribution in [0.4, 0.5) is 0 Å². The minimum absolute atomic E-state index is 0.369. The smallest absolute Gasteiger partial charge is 0.144 e. The second-order valence-corrected chi connectivity index (χ2v) is 7.33. The second-order valence-electron chi connectivity index (χ2n) is 7.33. The van der Waals surface area contributed by atoms with Crippen LogP contribution in [0, 0.1) is 0 Å². The van der Waals surface area contributed by atoms with Gasteiger partial charge in [0.2, 0.25) is 0 Å². The maximum Gasteiger partial charge on any atom is 0.144 e. The van der Waals surface area contributed by atoms with E-state index in [-0.39, 0.29) is 0 Å². The quantitative estimate of drug-likeness (QED) is 0.417. The number of aromatic nitrogens is 6. The van der Waals surface area contributed by atoms with Crippen molar-refractivity contribution in [2.45, 2.75) is 20.0 Å². The van der Waals surface area contributed by atoms with Gasteiger partial charge in [0, 0.05) is 48.0 Å². The van der Waals surface area contributed by atoms with Gasteiger partial charge in [0.1, 0.15) is 23.7 Å². The number of nitrogens with zero attached hydrogens (tertiary/aromatic N) is 6. The van der Waals surface area contributed by atoms with Crippen LogP contribution in [-0.4, -0.2) is 29.4 Å². The van der Waals surface area contributed by atoms with Crippen LogP contribution in [0.15, 0.2) is 73.4 Å². The summed E-state index contributed by atoms with van der Waals surface area (Å²) in [5.41, 5.74) is 7.19. The van der Waals surface area contributed by atoms with Gasteiger partial charge >= 0.3 is 0 Å². The lowest BCUT2D eigenvalue weighted by Gasteiger charge is -2.09. The van der Waals surface area contributed by atoms with Crippen molar-refractivity contribution in [3.63, 3.8) is 0 Å². The number of fused-ring (bicyclic) bond motifs is 1. The van der Waals surface area contributed by atoms with E-state index in [1.54, 1.807) is 17.1 Å². The third-order valence-corrected chi connectivity index (χ3v) is 5.32. The Labute approximate surface area is 180 Å². The van der Waals surface area contributed by atoms with Gasteiger partial charge in [-0.05, 0) is 42.3 Å². The Kier molecular flexibility index (Phi) is 4.92. The zero-order chi connectivity index (χ0) is 21.2. The summed E-state index contributed by atoms with van der Waals surface area (Å²) >= 11 is 0. The van der Waals surface area contributed by atoms with Crippen LogP contribution in [0.3, 0.4) is 0 Å². The van der Waals surface area contributed by atoms with Gasteiger partial charge in [0.05, 0.1) is 12.4 Å². The molecule has 0 aliphatic carbocycles. The Morgan fingerprint density at radius 3 is 2.58 bits per heavy atom. The summed E-state index contributed by atoms with van der Waals surface area (Å²) in [7, 11) is 1.90. The molecular weight excluding hydrogens is 388 g/mol. The van der Waals surface area contributed by atoms with Crippen LogP contribution in [0.5, 0.6) is 5.75 Å². The minimum atomic E-state index is 0.369. The maximum absolute atomic E-state index is 6.03. The molecular formula is C24H22N6O. The molecule has 4 heterocycles. The molecule has 5 aromatic rings. The normalized spacial score (nSPS) is 11.2. The Bertz CT molecular complexity index is 1320. The summed E-state index contributed by atoms with van der Waals surface area (Å²) in [5.74, 6) is 0.790. The van der Waals surface area contributed by atoms with Crippen molar-refractivity contribution in [2.75, 3.05) is 0 Å². The molecule has 154 valence electrons. The predicted octanol–water partition coefficient (Wildman–Crippen LogP) is 4.33. The molecule has 7 nitrogen and oxygen atoms in total. The molecule has 0 unspecified atom stereocenters. The Balaban J connectivity index is 1.36. The average Bonchev–Trinajstić information content (AvgIpc) is 3.41. The zero-order valence-electron chi connectivity index (χ0n) is 17.4. The molecule has 0 aliphatic rings. The largest absolute Gasteiger partial charge is 0.487 e. The summed E-state index contributed by atoms with van der Waals surface area (Å²) in [6, 6.07) is 14.2. The summed E-state index contributed by atoms with van der Waals surface area (Å²) in [4.78, 5) is 4.62. The van der Waals surface area contributed by atoms with E-state index in [1.165, 1.54) is 5.69 Å². The fraction of sp³-hybridized carbons (Fsp3) is 0.167. The molecule has 31 heavy (non-hydrogen) atoms. The molecule has 0 saturated heterocycles. The molecule has 0 spiro atoms. The van der Waals surface area contributed by atoms with Crippen LogP contribution < -0.4 is 4.74 Å². The summed E-state index contributed by atoms with van der Waals surface area (Å²) in [6.45, 7) is 2.51. The number of imidazole rings is 1. The summed E-state index contributed by atoms with van der Waals surface area (Å²) < 4.78 is 9.97. The standard InChI is InChI=1S/C24H22N6O/c1-3-19-14-25-24-21(5-4-12-30(19)24)17-6-8-20(9-7-17)31-16-23-22(15-29(2)28-23)18-10-11-26-27-13-18/h4-15H,3,16H2,1-2H3. The molecule has 4 aromatic heterocycles. The van der Waals surface area contributed by atoms with Crippen molar-refractivity contribution in [1.82, 2.24) is 29.4 Å². The van der Waals surface area contributed by atoms with Crippen LogP contribution in [0.2, 0.25) is 0 Å². The fourth-order valence-corrected chi connectivity index (χ4v) is 3.76. The van der Waals surface area contributed by atoms with Crippen molar-refractivity contribution in [3.8, 4) is 28.0 Å². The maximum atomic E-state index is 6.03. The minimum Gasteiger partial charge on any atom is -0.487 e. The highest BCUT2D eigenvalue weighted by Crippen LogP contribution is 2.28. The Morgan fingerprint density at radius 1 is 0.935 bits per heavy atom. The Morgan fingerprint density at radius 2 is 1.81 bits per heavy atom. The molecule has 0 radical (unpaired) electrons. The van der Waals surface area contributed by atoms with Crippen molar-refractivity contribution in [1.29, 1.82) is 0 Å². The molecule has 0 aliphatic heterocycles. The highest BCUT2D eigenvalue weighted by atomic mass is 16.5. The molecule has 1 aromatic carbocycles. The van der Waals surface area contributed by atoms with E-state index >= 15 is 0 Å². The van der Waals surface area contributed by atoms with E-state index in [0.29, 0.717) is 6.61 Å². The number of aryl methyl sites for hydroxylation is 2. The van der Waals surface area contributed by atoms with E-state index in [0.717, 1.165) is 45.8 Å².